The van der Waals surface area contributed by atoms with Crippen molar-refractivity contribution >= 4 is 17.5 Å². The zero-order valence-electron chi connectivity index (χ0n) is 13.3. The van der Waals surface area contributed by atoms with E-state index in [-0.39, 0.29) is 30.3 Å². The number of hydrogen-bond donors (Lipinski definition) is 2. The Morgan fingerprint density at radius 1 is 1.12 bits per heavy atom. The second kappa shape index (κ2) is 7.38. The summed E-state index contributed by atoms with van der Waals surface area (Å²) in [4.78, 5) is 27.7. The van der Waals surface area contributed by atoms with Crippen molar-refractivity contribution < 1.29 is 18.4 Å². The van der Waals surface area contributed by atoms with Crippen LogP contribution >= 0.6 is 0 Å². The molecule has 130 valence electrons. The molecule has 0 saturated heterocycles. The Morgan fingerprint density at radius 3 is 2.48 bits per heavy atom. The van der Waals surface area contributed by atoms with Gasteiger partial charge >= 0.3 is 0 Å². The first-order chi connectivity index (χ1) is 12.1. The molecule has 25 heavy (non-hydrogen) atoms. The zero-order chi connectivity index (χ0) is 17.8. The molecular formula is C18H17F2N3O2. The maximum atomic E-state index is 13.7. The number of rotatable bonds is 6. The molecule has 1 saturated carbocycles. The highest BCUT2D eigenvalue weighted by Gasteiger charge is 2.46. The highest BCUT2D eigenvalue weighted by atomic mass is 19.1. The molecule has 5 nitrogen and oxygen atoms in total. The predicted octanol–water partition coefficient (Wildman–Crippen LogP) is 2.61. The molecule has 1 aliphatic carbocycles. The topological polar surface area (TPSA) is 71.1 Å². The quantitative estimate of drug-likeness (QED) is 0.845. The van der Waals surface area contributed by atoms with Crippen molar-refractivity contribution in [1.82, 2.24) is 10.3 Å². The van der Waals surface area contributed by atoms with Gasteiger partial charge < -0.3 is 10.6 Å². The van der Waals surface area contributed by atoms with Gasteiger partial charge in [0.2, 0.25) is 11.8 Å². The largest absolute Gasteiger partial charge is 0.355 e. The Balaban J connectivity index is 1.44. The molecule has 1 heterocycles. The van der Waals surface area contributed by atoms with Crippen molar-refractivity contribution in [3.8, 4) is 0 Å². The number of anilines is 1. The molecule has 2 aromatic rings. The zero-order valence-corrected chi connectivity index (χ0v) is 13.3. The van der Waals surface area contributed by atoms with Crippen LogP contribution < -0.4 is 10.6 Å². The fraction of sp³-hybridized carbons (Fsp3) is 0.278. The number of amides is 2. The van der Waals surface area contributed by atoms with Crippen LogP contribution in [0.15, 0.2) is 42.7 Å². The van der Waals surface area contributed by atoms with Crippen LogP contribution in [0.2, 0.25) is 0 Å². The molecule has 1 aliphatic rings. The van der Waals surface area contributed by atoms with Crippen LogP contribution in [0.5, 0.6) is 0 Å². The van der Waals surface area contributed by atoms with E-state index in [9.17, 15) is 18.4 Å². The number of nitrogens with zero attached hydrogens (tertiary/aromatic N) is 1. The number of carbonyl (C=O) groups is 2. The van der Waals surface area contributed by atoms with Crippen LogP contribution in [0.1, 0.15) is 24.3 Å². The summed E-state index contributed by atoms with van der Waals surface area (Å²) in [6, 6.07) is 7.00. The third kappa shape index (κ3) is 4.17. The van der Waals surface area contributed by atoms with Gasteiger partial charge in [0.1, 0.15) is 11.6 Å². The van der Waals surface area contributed by atoms with Gasteiger partial charge in [0.05, 0.1) is 0 Å². The molecule has 2 N–H and O–H groups in total. The van der Waals surface area contributed by atoms with Crippen molar-refractivity contribution in [3.05, 3.63) is 59.9 Å². The maximum Gasteiger partial charge on any atom is 0.226 e. The number of hydrogen-bond acceptors (Lipinski definition) is 3. The van der Waals surface area contributed by atoms with Crippen LogP contribution in [-0.4, -0.2) is 23.3 Å². The third-order valence-corrected chi connectivity index (χ3v) is 4.11. The Labute approximate surface area is 143 Å². The van der Waals surface area contributed by atoms with Crippen LogP contribution in [0.25, 0.3) is 0 Å². The highest BCUT2D eigenvalue weighted by Crippen LogP contribution is 2.49. The molecule has 2 amide bonds. The lowest BCUT2D eigenvalue weighted by Gasteiger charge is -2.07. The summed E-state index contributed by atoms with van der Waals surface area (Å²) in [5, 5.41) is 5.32. The lowest BCUT2D eigenvalue weighted by molar-refractivity contribution is -0.122. The molecule has 7 heteroatoms. The average Bonchev–Trinajstić information content (AvgIpc) is 3.36. The van der Waals surface area contributed by atoms with Crippen LogP contribution in [-0.2, 0) is 9.59 Å². The van der Waals surface area contributed by atoms with Gasteiger partial charge in [-0.25, -0.2) is 8.78 Å². The van der Waals surface area contributed by atoms with Gasteiger partial charge in [-0.15, -0.1) is 0 Å². The fourth-order valence-electron chi connectivity index (χ4n) is 2.76. The van der Waals surface area contributed by atoms with Gasteiger partial charge in [0, 0.05) is 48.4 Å². The maximum absolute atomic E-state index is 13.7. The SMILES string of the molecule is O=C(CCNC(=O)[C@H]1C[C@H]1c1c(F)cccc1F)Nc1ccncc1. The lowest BCUT2D eigenvalue weighted by atomic mass is 10.1. The minimum Gasteiger partial charge on any atom is -0.355 e. The van der Waals surface area contributed by atoms with Crippen LogP contribution in [0.4, 0.5) is 14.5 Å². The highest BCUT2D eigenvalue weighted by molar-refractivity contribution is 5.91. The van der Waals surface area contributed by atoms with Gasteiger partial charge in [-0.05, 0) is 30.7 Å². The molecule has 0 aliphatic heterocycles. The summed E-state index contributed by atoms with van der Waals surface area (Å²) >= 11 is 0. The Hall–Kier alpha value is -2.83. The first-order valence-electron chi connectivity index (χ1n) is 7.97. The first-order valence-corrected chi connectivity index (χ1v) is 7.97. The van der Waals surface area contributed by atoms with E-state index in [1.165, 1.54) is 18.2 Å². The minimum absolute atomic E-state index is 0.0296. The number of pyridine rings is 1. The van der Waals surface area contributed by atoms with E-state index in [4.69, 9.17) is 0 Å². The Kier molecular flexibility index (Phi) is 5.02. The van der Waals surface area contributed by atoms with Crippen LogP contribution in [0.3, 0.4) is 0 Å². The van der Waals surface area contributed by atoms with E-state index in [0.29, 0.717) is 12.1 Å². The van der Waals surface area contributed by atoms with E-state index >= 15 is 0 Å². The minimum atomic E-state index is -0.628. The molecule has 2 atom stereocenters. The third-order valence-electron chi connectivity index (χ3n) is 4.11. The number of halogens is 2. The van der Waals surface area contributed by atoms with Gasteiger partial charge in [-0.1, -0.05) is 6.07 Å². The molecule has 0 radical (unpaired) electrons. The normalized spacial score (nSPS) is 18.5. The summed E-state index contributed by atoms with van der Waals surface area (Å²) in [5.74, 6) is -2.67. The van der Waals surface area contributed by atoms with E-state index in [1.54, 1.807) is 24.5 Å². The standard InChI is InChI=1S/C18H17F2N3O2/c19-14-2-1-3-15(20)17(14)12-10-13(12)18(25)22-9-6-16(24)23-11-4-7-21-8-5-11/h1-5,7-8,12-13H,6,9-10H2,(H,22,25)(H,21,23,24)/t12-,13+/m1/s1. The second-order valence-electron chi connectivity index (χ2n) is 5.91. The summed E-state index contributed by atoms with van der Waals surface area (Å²) in [6.07, 6.45) is 3.64. The van der Waals surface area contributed by atoms with E-state index in [1.807, 2.05) is 0 Å². The summed E-state index contributed by atoms with van der Waals surface area (Å²) in [5.41, 5.74) is 0.599. The monoisotopic (exact) mass is 345 g/mol. The molecule has 3 rings (SSSR count). The van der Waals surface area contributed by atoms with Crippen molar-refractivity contribution in [2.24, 2.45) is 5.92 Å². The smallest absolute Gasteiger partial charge is 0.226 e. The van der Waals surface area contributed by atoms with Crippen molar-refractivity contribution in [1.29, 1.82) is 0 Å². The van der Waals surface area contributed by atoms with Gasteiger partial charge in [0.15, 0.2) is 0 Å². The van der Waals surface area contributed by atoms with Crippen LogP contribution in [0, 0.1) is 17.6 Å². The molecular weight excluding hydrogens is 328 g/mol. The first kappa shape index (κ1) is 17.0. The van der Waals surface area contributed by atoms with Crippen molar-refractivity contribution in [2.45, 2.75) is 18.8 Å². The molecule has 1 aromatic heterocycles. The average molecular weight is 345 g/mol. The molecule has 1 aromatic carbocycles. The predicted molar refractivity (Wildman–Crippen MR) is 87.7 cm³/mol. The van der Waals surface area contributed by atoms with E-state index in [0.717, 1.165) is 0 Å². The number of aromatic nitrogens is 1. The fourth-order valence-corrected chi connectivity index (χ4v) is 2.76. The second-order valence-corrected chi connectivity index (χ2v) is 5.91. The van der Waals surface area contributed by atoms with E-state index < -0.39 is 23.5 Å². The lowest BCUT2D eigenvalue weighted by Crippen LogP contribution is -2.29. The summed E-state index contributed by atoms with van der Waals surface area (Å²) in [7, 11) is 0. The Bertz CT molecular complexity index is 763. The summed E-state index contributed by atoms with van der Waals surface area (Å²) in [6.45, 7) is 0.165. The van der Waals surface area contributed by atoms with Crippen molar-refractivity contribution in [3.63, 3.8) is 0 Å². The van der Waals surface area contributed by atoms with Gasteiger partial charge in [-0.3, -0.25) is 14.6 Å². The van der Waals surface area contributed by atoms with Crippen molar-refractivity contribution in [2.75, 3.05) is 11.9 Å². The Morgan fingerprint density at radius 2 is 1.80 bits per heavy atom. The number of benzene rings is 1. The summed E-state index contributed by atoms with van der Waals surface area (Å²) < 4.78 is 27.4. The van der Waals surface area contributed by atoms with Gasteiger partial charge in [0.25, 0.3) is 0 Å². The molecule has 0 unspecified atom stereocenters. The van der Waals surface area contributed by atoms with E-state index in [2.05, 4.69) is 15.6 Å². The van der Waals surface area contributed by atoms with Gasteiger partial charge in [-0.2, -0.15) is 0 Å². The molecule has 0 bridgehead atoms. The number of carbonyl (C=O) groups excluding carboxylic acids is 2. The number of nitrogens with one attached hydrogen (secondary N) is 2. The molecule has 1 fully saturated rings. The molecule has 0 spiro atoms.